The minimum absolute atomic E-state index is 0.215. The zero-order valence-electron chi connectivity index (χ0n) is 16.6. The molecule has 1 amide bonds. The minimum atomic E-state index is -3.64. The van der Waals surface area contributed by atoms with Crippen LogP contribution in [0.2, 0.25) is 0 Å². The van der Waals surface area contributed by atoms with Crippen LogP contribution < -0.4 is 9.62 Å². The maximum Gasteiger partial charge on any atom is 0.244 e. The van der Waals surface area contributed by atoms with Gasteiger partial charge in [-0.25, -0.2) is 8.42 Å². The van der Waals surface area contributed by atoms with Crippen molar-refractivity contribution < 1.29 is 13.2 Å². The summed E-state index contributed by atoms with van der Waals surface area (Å²) < 4.78 is 26.5. The molecule has 2 rings (SSSR count). The van der Waals surface area contributed by atoms with Gasteiger partial charge in [-0.05, 0) is 49.9 Å². The Hall–Kier alpha value is -2.34. The Morgan fingerprint density at radius 2 is 1.74 bits per heavy atom. The number of nitrogens with one attached hydrogen (secondary N) is 1. The van der Waals surface area contributed by atoms with Gasteiger partial charge in [0.15, 0.2) is 0 Å². The fourth-order valence-corrected chi connectivity index (χ4v) is 4.39. The fourth-order valence-electron chi connectivity index (χ4n) is 3.13. The summed E-state index contributed by atoms with van der Waals surface area (Å²) >= 11 is 0. The lowest BCUT2D eigenvalue weighted by Crippen LogP contribution is -2.50. The number of benzene rings is 2. The Labute approximate surface area is 162 Å². The lowest BCUT2D eigenvalue weighted by molar-refractivity contribution is -0.122. The van der Waals surface area contributed by atoms with Gasteiger partial charge < -0.3 is 5.32 Å². The minimum Gasteiger partial charge on any atom is -0.348 e. The van der Waals surface area contributed by atoms with Crippen molar-refractivity contribution in [3.8, 4) is 0 Å². The fraction of sp³-hybridized carbons (Fsp3) is 0.381. The van der Waals surface area contributed by atoms with E-state index in [0.29, 0.717) is 12.1 Å². The molecule has 5 nitrogen and oxygen atoms in total. The lowest BCUT2D eigenvalue weighted by Gasteiger charge is -2.32. The summed E-state index contributed by atoms with van der Waals surface area (Å²) in [5, 5.41) is 2.96. The molecule has 0 saturated heterocycles. The molecule has 0 saturated carbocycles. The van der Waals surface area contributed by atoms with E-state index in [4.69, 9.17) is 0 Å². The summed E-state index contributed by atoms with van der Waals surface area (Å²) in [5.41, 5.74) is 3.27. The number of aryl methyl sites for hydroxylation is 2. The number of nitrogens with zero attached hydrogens (tertiary/aromatic N) is 1. The summed E-state index contributed by atoms with van der Waals surface area (Å²) in [6, 6.07) is 14.2. The highest BCUT2D eigenvalue weighted by Crippen LogP contribution is 2.27. The van der Waals surface area contributed by atoms with Gasteiger partial charge in [0.2, 0.25) is 15.9 Å². The van der Waals surface area contributed by atoms with Crippen LogP contribution in [-0.2, 0) is 14.8 Å². The first-order valence-corrected chi connectivity index (χ1v) is 10.9. The number of amides is 1. The van der Waals surface area contributed by atoms with E-state index < -0.39 is 16.1 Å². The average molecular weight is 389 g/mol. The maximum atomic E-state index is 13.0. The van der Waals surface area contributed by atoms with Gasteiger partial charge in [-0.1, -0.05) is 49.4 Å². The van der Waals surface area contributed by atoms with Crippen molar-refractivity contribution in [2.75, 3.05) is 10.6 Å². The standard InChI is InChI=1S/C21H28N2O3S/c1-6-19(21(24)22-17(4)18-10-8-7-9-11-18)23(27(5,25)26)20-14-15(2)12-13-16(20)3/h7-14,17,19H,6H2,1-5H3,(H,22,24)/t17-,19-/m1/s1. The Morgan fingerprint density at radius 3 is 2.30 bits per heavy atom. The highest BCUT2D eigenvalue weighted by atomic mass is 32.2. The second kappa shape index (κ2) is 8.57. The molecule has 0 heterocycles. The molecule has 0 unspecified atom stereocenters. The van der Waals surface area contributed by atoms with Crippen molar-refractivity contribution in [2.24, 2.45) is 0 Å². The van der Waals surface area contributed by atoms with Crippen molar-refractivity contribution in [1.82, 2.24) is 5.32 Å². The molecule has 6 heteroatoms. The van der Waals surface area contributed by atoms with Crippen LogP contribution in [0.15, 0.2) is 48.5 Å². The van der Waals surface area contributed by atoms with Gasteiger partial charge in [-0.15, -0.1) is 0 Å². The number of rotatable bonds is 7. The van der Waals surface area contributed by atoms with E-state index in [1.807, 2.05) is 76.2 Å². The van der Waals surface area contributed by atoms with Gasteiger partial charge in [-0.3, -0.25) is 9.10 Å². The molecule has 27 heavy (non-hydrogen) atoms. The molecule has 2 aromatic rings. The maximum absolute atomic E-state index is 13.0. The number of sulfonamides is 1. The third kappa shape index (κ3) is 5.10. The quantitative estimate of drug-likeness (QED) is 0.786. The van der Waals surface area contributed by atoms with Crippen molar-refractivity contribution >= 4 is 21.6 Å². The third-order valence-electron chi connectivity index (χ3n) is 4.59. The summed E-state index contributed by atoms with van der Waals surface area (Å²) in [5.74, 6) is -0.305. The molecule has 0 radical (unpaired) electrons. The molecule has 0 aliphatic rings. The van der Waals surface area contributed by atoms with E-state index in [2.05, 4.69) is 5.32 Å². The van der Waals surface area contributed by atoms with Crippen LogP contribution in [0.3, 0.4) is 0 Å². The summed E-state index contributed by atoms with van der Waals surface area (Å²) in [6.45, 7) is 7.47. The number of hydrogen-bond acceptors (Lipinski definition) is 3. The molecule has 0 aromatic heterocycles. The molecular weight excluding hydrogens is 360 g/mol. The zero-order chi connectivity index (χ0) is 20.2. The first kappa shape index (κ1) is 21.0. The topological polar surface area (TPSA) is 66.5 Å². The van der Waals surface area contributed by atoms with Gasteiger partial charge in [0.1, 0.15) is 6.04 Å². The first-order chi connectivity index (χ1) is 12.6. The Kier molecular flexibility index (Phi) is 6.65. The lowest BCUT2D eigenvalue weighted by atomic mass is 10.1. The van der Waals surface area contributed by atoms with Gasteiger partial charge >= 0.3 is 0 Å². The van der Waals surface area contributed by atoms with Crippen LogP contribution in [0.4, 0.5) is 5.69 Å². The molecule has 0 spiro atoms. The van der Waals surface area contributed by atoms with E-state index >= 15 is 0 Å². The van der Waals surface area contributed by atoms with Crippen LogP contribution in [0.25, 0.3) is 0 Å². The Morgan fingerprint density at radius 1 is 1.11 bits per heavy atom. The number of anilines is 1. The van der Waals surface area contributed by atoms with Gasteiger partial charge in [0.05, 0.1) is 18.0 Å². The highest BCUT2D eigenvalue weighted by molar-refractivity contribution is 7.92. The third-order valence-corrected chi connectivity index (χ3v) is 5.76. The van der Waals surface area contributed by atoms with Gasteiger partial charge in [0.25, 0.3) is 0 Å². The number of hydrogen-bond donors (Lipinski definition) is 1. The van der Waals surface area contributed by atoms with E-state index in [9.17, 15) is 13.2 Å². The van der Waals surface area contributed by atoms with Crippen LogP contribution in [0.1, 0.15) is 43.0 Å². The molecule has 0 aliphatic heterocycles. The Bertz CT molecular complexity index is 895. The van der Waals surface area contributed by atoms with Crippen molar-refractivity contribution in [3.05, 3.63) is 65.2 Å². The van der Waals surface area contributed by atoms with Crippen LogP contribution >= 0.6 is 0 Å². The second-order valence-corrected chi connectivity index (χ2v) is 8.77. The van der Waals surface area contributed by atoms with Crippen molar-refractivity contribution in [3.63, 3.8) is 0 Å². The molecule has 146 valence electrons. The van der Waals surface area contributed by atoms with E-state index in [1.54, 1.807) is 0 Å². The SMILES string of the molecule is CC[C@H](C(=O)N[C@H](C)c1ccccc1)N(c1cc(C)ccc1C)S(C)(=O)=O. The van der Waals surface area contributed by atoms with Gasteiger partial charge in [-0.2, -0.15) is 0 Å². The summed E-state index contributed by atoms with van der Waals surface area (Å²) in [7, 11) is -3.64. The molecule has 2 aromatic carbocycles. The molecule has 0 bridgehead atoms. The number of carbonyl (C=O) groups excluding carboxylic acids is 1. The van der Waals surface area contributed by atoms with Crippen LogP contribution in [0.5, 0.6) is 0 Å². The normalized spacial score (nSPS) is 13.7. The van der Waals surface area contributed by atoms with Crippen LogP contribution in [-0.4, -0.2) is 26.6 Å². The monoisotopic (exact) mass is 388 g/mol. The number of carbonyl (C=O) groups is 1. The van der Waals surface area contributed by atoms with E-state index in [1.165, 1.54) is 4.31 Å². The summed E-state index contributed by atoms with van der Waals surface area (Å²) in [6.07, 6.45) is 1.51. The average Bonchev–Trinajstić information content (AvgIpc) is 2.61. The molecular formula is C21H28N2O3S. The largest absolute Gasteiger partial charge is 0.348 e. The molecule has 0 fully saturated rings. The predicted octanol–water partition coefficient (Wildman–Crippen LogP) is 3.73. The van der Waals surface area contributed by atoms with Crippen LogP contribution in [0, 0.1) is 13.8 Å². The first-order valence-electron chi connectivity index (χ1n) is 9.07. The Balaban J connectivity index is 2.38. The second-order valence-electron chi connectivity index (χ2n) is 6.91. The molecule has 2 atom stereocenters. The predicted molar refractivity (Wildman–Crippen MR) is 110 cm³/mol. The molecule has 0 aliphatic carbocycles. The highest BCUT2D eigenvalue weighted by Gasteiger charge is 2.33. The zero-order valence-corrected chi connectivity index (χ0v) is 17.4. The smallest absolute Gasteiger partial charge is 0.244 e. The van der Waals surface area contributed by atoms with Gasteiger partial charge in [0, 0.05) is 0 Å². The molecule has 1 N–H and O–H groups in total. The van der Waals surface area contributed by atoms with E-state index in [0.717, 1.165) is 22.9 Å². The van der Waals surface area contributed by atoms with E-state index in [-0.39, 0.29) is 11.9 Å². The van der Waals surface area contributed by atoms with Crippen molar-refractivity contribution in [1.29, 1.82) is 0 Å². The summed E-state index contributed by atoms with van der Waals surface area (Å²) in [4.78, 5) is 13.0. The van der Waals surface area contributed by atoms with Crippen molar-refractivity contribution in [2.45, 2.75) is 46.2 Å².